The summed E-state index contributed by atoms with van der Waals surface area (Å²) < 4.78 is 1.98. The Balaban J connectivity index is 1.52. The Bertz CT molecular complexity index is 1310. The number of amides is 1. The summed E-state index contributed by atoms with van der Waals surface area (Å²) in [6.45, 7) is 5.92. The van der Waals surface area contributed by atoms with E-state index in [1.807, 2.05) is 86.0 Å². The highest BCUT2D eigenvalue weighted by Gasteiger charge is 2.17. The van der Waals surface area contributed by atoms with Gasteiger partial charge >= 0.3 is 0 Å². The predicted octanol–water partition coefficient (Wildman–Crippen LogP) is 5.84. The standard InChI is InChI=1S/C26H24ClN5OS/c1-17-4-8-21(9-5-17)25-30-31-26(32(25)23-14-6-18(2)7-15-23)34-16-24(33)29-28-19(3)20-10-12-22(27)13-11-20/h4-15H,16H2,1-3H3,(H,29,33). The lowest BCUT2D eigenvalue weighted by atomic mass is 10.1. The first-order valence-corrected chi connectivity index (χ1v) is 12.1. The van der Waals surface area contributed by atoms with E-state index in [1.54, 1.807) is 12.1 Å². The lowest BCUT2D eigenvalue weighted by Gasteiger charge is -2.11. The number of carbonyl (C=O) groups excluding carboxylic acids is 1. The maximum absolute atomic E-state index is 12.5. The Hall–Kier alpha value is -3.42. The van der Waals surface area contributed by atoms with Crippen LogP contribution in [-0.4, -0.2) is 32.1 Å². The number of halogens is 1. The highest BCUT2D eigenvalue weighted by atomic mass is 35.5. The molecule has 4 rings (SSSR count). The maximum atomic E-state index is 12.5. The number of hydrazone groups is 1. The Morgan fingerprint density at radius 3 is 2.21 bits per heavy atom. The molecule has 0 aliphatic rings. The van der Waals surface area contributed by atoms with Gasteiger partial charge in [-0.1, -0.05) is 83.0 Å². The summed E-state index contributed by atoms with van der Waals surface area (Å²) in [5.41, 5.74) is 8.42. The van der Waals surface area contributed by atoms with E-state index in [9.17, 15) is 4.79 Å². The molecule has 0 unspecified atom stereocenters. The van der Waals surface area contributed by atoms with Crippen LogP contribution in [0.4, 0.5) is 0 Å². The molecule has 0 aliphatic heterocycles. The summed E-state index contributed by atoms with van der Waals surface area (Å²) in [5.74, 6) is 0.645. The third-order valence-electron chi connectivity index (χ3n) is 5.18. The van der Waals surface area contributed by atoms with Gasteiger partial charge in [-0.2, -0.15) is 5.10 Å². The number of thioether (sulfide) groups is 1. The minimum Gasteiger partial charge on any atom is -0.272 e. The van der Waals surface area contributed by atoms with E-state index in [-0.39, 0.29) is 11.7 Å². The second kappa shape index (κ2) is 10.7. The number of nitrogens with one attached hydrogen (secondary N) is 1. The summed E-state index contributed by atoms with van der Waals surface area (Å²) >= 11 is 7.24. The molecule has 3 aromatic carbocycles. The monoisotopic (exact) mass is 489 g/mol. The lowest BCUT2D eigenvalue weighted by Crippen LogP contribution is -2.21. The average molecular weight is 490 g/mol. The number of aryl methyl sites for hydroxylation is 2. The van der Waals surface area contributed by atoms with Crippen LogP contribution in [0.2, 0.25) is 5.02 Å². The van der Waals surface area contributed by atoms with Crippen molar-refractivity contribution in [1.82, 2.24) is 20.2 Å². The number of rotatable bonds is 7. The fourth-order valence-corrected chi connectivity index (χ4v) is 4.11. The number of hydrogen-bond acceptors (Lipinski definition) is 5. The average Bonchev–Trinajstić information content (AvgIpc) is 3.26. The molecule has 1 aromatic heterocycles. The molecule has 0 bridgehead atoms. The van der Waals surface area contributed by atoms with Gasteiger partial charge in [-0.3, -0.25) is 9.36 Å². The Kier molecular flexibility index (Phi) is 7.45. The molecule has 172 valence electrons. The SMILES string of the molecule is CC(=NNC(=O)CSc1nnc(-c2ccc(C)cc2)n1-c1ccc(C)cc1)c1ccc(Cl)cc1. The molecule has 0 fully saturated rings. The summed E-state index contributed by atoms with van der Waals surface area (Å²) in [6.07, 6.45) is 0. The molecular formula is C26H24ClN5OS. The van der Waals surface area contributed by atoms with E-state index >= 15 is 0 Å². The van der Waals surface area contributed by atoms with Gasteiger partial charge in [-0.05, 0) is 50.6 Å². The Morgan fingerprint density at radius 1 is 0.941 bits per heavy atom. The highest BCUT2D eigenvalue weighted by molar-refractivity contribution is 7.99. The van der Waals surface area contributed by atoms with Crippen LogP contribution in [0.15, 0.2) is 83.1 Å². The van der Waals surface area contributed by atoms with E-state index in [2.05, 4.69) is 20.7 Å². The predicted molar refractivity (Wildman–Crippen MR) is 139 cm³/mol. The van der Waals surface area contributed by atoms with Crippen LogP contribution >= 0.6 is 23.4 Å². The third-order valence-corrected chi connectivity index (χ3v) is 6.36. The fraction of sp³-hybridized carbons (Fsp3) is 0.154. The molecule has 4 aromatic rings. The fourth-order valence-electron chi connectivity index (χ4n) is 3.24. The van der Waals surface area contributed by atoms with Crippen molar-refractivity contribution in [3.8, 4) is 17.1 Å². The van der Waals surface area contributed by atoms with Crippen LogP contribution in [0.25, 0.3) is 17.1 Å². The van der Waals surface area contributed by atoms with E-state index in [0.29, 0.717) is 15.9 Å². The first-order valence-electron chi connectivity index (χ1n) is 10.7. The van der Waals surface area contributed by atoms with Gasteiger partial charge in [0.15, 0.2) is 11.0 Å². The quantitative estimate of drug-likeness (QED) is 0.201. The van der Waals surface area contributed by atoms with Crippen LogP contribution in [0.5, 0.6) is 0 Å². The Labute approximate surface area is 208 Å². The van der Waals surface area contributed by atoms with Crippen molar-refractivity contribution in [2.45, 2.75) is 25.9 Å². The molecule has 0 saturated heterocycles. The normalized spacial score (nSPS) is 11.5. The van der Waals surface area contributed by atoms with E-state index in [0.717, 1.165) is 28.2 Å². The minimum atomic E-state index is -0.228. The van der Waals surface area contributed by atoms with Gasteiger partial charge in [0.05, 0.1) is 11.5 Å². The molecule has 1 heterocycles. The van der Waals surface area contributed by atoms with Crippen molar-refractivity contribution in [3.05, 3.63) is 94.5 Å². The number of benzene rings is 3. The van der Waals surface area contributed by atoms with Crippen LogP contribution in [0.3, 0.4) is 0 Å². The molecular weight excluding hydrogens is 466 g/mol. The van der Waals surface area contributed by atoms with Crippen molar-refractivity contribution in [3.63, 3.8) is 0 Å². The zero-order valence-corrected chi connectivity index (χ0v) is 20.7. The topological polar surface area (TPSA) is 72.2 Å². The second-order valence-electron chi connectivity index (χ2n) is 7.87. The molecule has 0 radical (unpaired) electrons. The van der Waals surface area contributed by atoms with Gasteiger partial charge in [0.2, 0.25) is 0 Å². The Morgan fingerprint density at radius 2 is 1.56 bits per heavy atom. The summed E-state index contributed by atoms with van der Waals surface area (Å²) in [5, 5.41) is 14.3. The van der Waals surface area contributed by atoms with Crippen molar-refractivity contribution < 1.29 is 4.79 Å². The third kappa shape index (κ3) is 5.73. The number of hydrogen-bond donors (Lipinski definition) is 1. The van der Waals surface area contributed by atoms with E-state index in [4.69, 9.17) is 11.6 Å². The second-order valence-corrected chi connectivity index (χ2v) is 9.25. The molecule has 34 heavy (non-hydrogen) atoms. The first kappa shape index (κ1) is 23.7. The van der Waals surface area contributed by atoms with Crippen LogP contribution in [-0.2, 0) is 4.79 Å². The molecule has 0 spiro atoms. The first-order chi connectivity index (χ1) is 16.4. The van der Waals surface area contributed by atoms with Crippen LogP contribution in [0.1, 0.15) is 23.6 Å². The summed E-state index contributed by atoms with van der Waals surface area (Å²) in [6, 6.07) is 23.6. The van der Waals surface area contributed by atoms with Gasteiger partial charge in [0.1, 0.15) is 0 Å². The zero-order valence-electron chi connectivity index (χ0n) is 19.1. The molecule has 8 heteroatoms. The van der Waals surface area contributed by atoms with Crippen LogP contribution < -0.4 is 5.43 Å². The smallest absolute Gasteiger partial charge is 0.250 e. The molecule has 0 saturated carbocycles. The number of aromatic nitrogens is 3. The molecule has 1 N–H and O–H groups in total. The number of nitrogens with zero attached hydrogens (tertiary/aromatic N) is 4. The van der Waals surface area contributed by atoms with Crippen molar-refractivity contribution in [1.29, 1.82) is 0 Å². The van der Waals surface area contributed by atoms with Gasteiger partial charge in [-0.15, -0.1) is 10.2 Å². The van der Waals surface area contributed by atoms with Gasteiger partial charge in [0, 0.05) is 16.3 Å². The maximum Gasteiger partial charge on any atom is 0.250 e. The number of carbonyl (C=O) groups is 1. The lowest BCUT2D eigenvalue weighted by molar-refractivity contribution is -0.118. The van der Waals surface area contributed by atoms with Gasteiger partial charge in [-0.25, -0.2) is 5.43 Å². The van der Waals surface area contributed by atoms with E-state index in [1.165, 1.54) is 17.3 Å². The molecule has 0 aliphatic carbocycles. The largest absolute Gasteiger partial charge is 0.272 e. The van der Waals surface area contributed by atoms with Gasteiger partial charge < -0.3 is 0 Å². The summed E-state index contributed by atoms with van der Waals surface area (Å²) in [4.78, 5) is 12.5. The van der Waals surface area contributed by atoms with Crippen LogP contribution in [0, 0.1) is 13.8 Å². The van der Waals surface area contributed by atoms with Crippen molar-refractivity contribution >= 4 is 35.0 Å². The zero-order chi connectivity index (χ0) is 24.1. The molecule has 6 nitrogen and oxygen atoms in total. The molecule has 1 amide bonds. The van der Waals surface area contributed by atoms with E-state index < -0.39 is 0 Å². The minimum absolute atomic E-state index is 0.148. The van der Waals surface area contributed by atoms with Crippen molar-refractivity contribution in [2.75, 3.05) is 5.75 Å². The highest BCUT2D eigenvalue weighted by Crippen LogP contribution is 2.28. The summed E-state index contributed by atoms with van der Waals surface area (Å²) in [7, 11) is 0. The van der Waals surface area contributed by atoms with Crippen molar-refractivity contribution in [2.24, 2.45) is 5.10 Å². The molecule has 0 atom stereocenters. The van der Waals surface area contributed by atoms with Gasteiger partial charge in [0.25, 0.3) is 5.91 Å².